The van der Waals surface area contributed by atoms with Crippen LogP contribution in [0, 0.1) is 5.92 Å². The highest BCUT2D eigenvalue weighted by Crippen LogP contribution is 2.22. The van der Waals surface area contributed by atoms with Gasteiger partial charge in [0.2, 0.25) is 11.8 Å². The van der Waals surface area contributed by atoms with Gasteiger partial charge in [0.1, 0.15) is 6.04 Å². The van der Waals surface area contributed by atoms with Gasteiger partial charge >= 0.3 is 0 Å². The first-order valence-electron chi connectivity index (χ1n) is 7.30. The summed E-state index contributed by atoms with van der Waals surface area (Å²) < 4.78 is 0. The fourth-order valence-corrected chi connectivity index (χ4v) is 1.94. The van der Waals surface area contributed by atoms with Crippen molar-refractivity contribution in [2.75, 3.05) is 0 Å². The Morgan fingerprint density at radius 2 is 1.67 bits per heavy atom. The Hall–Kier alpha value is -1.84. The Morgan fingerprint density at radius 1 is 1.14 bits per heavy atom. The fraction of sp³-hybridized carbons (Fsp3) is 0.529. The fourth-order valence-electron chi connectivity index (χ4n) is 1.94. The zero-order valence-corrected chi connectivity index (χ0v) is 13.6. The molecule has 0 aliphatic heterocycles. The van der Waals surface area contributed by atoms with Gasteiger partial charge in [-0.15, -0.1) is 0 Å². The second-order valence-corrected chi connectivity index (χ2v) is 6.77. The van der Waals surface area contributed by atoms with E-state index >= 15 is 0 Å². The van der Waals surface area contributed by atoms with Crippen molar-refractivity contribution in [2.24, 2.45) is 11.7 Å². The standard InChI is InChI=1S/C17H26N2O2/c1-11(2)16(21)19-14(15(18)20)10-12-6-8-13(9-7-12)17(3,4)5/h6-9,11,14H,10H2,1-5H3,(H2,18,20)(H,19,21)/t14-/m0/s1. The summed E-state index contributed by atoms with van der Waals surface area (Å²) in [5.41, 5.74) is 7.68. The largest absolute Gasteiger partial charge is 0.368 e. The maximum Gasteiger partial charge on any atom is 0.240 e. The van der Waals surface area contributed by atoms with Crippen LogP contribution in [0.15, 0.2) is 24.3 Å². The van der Waals surface area contributed by atoms with Gasteiger partial charge in [-0.2, -0.15) is 0 Å². The van der Waals surface area contributed by atoms with Gasteiger partial charge in [-0.3, -0.25) is 9.59 Å². The highest BCUT2D eigenvalue weighted by atomic mass is 16.2. The summed E-state index contributed by atoms with van der Waals surface area (Å²) in [5, 5.41) is 2.70. The number of hydrogen-bond acceptors (Lipinski definition) is 2. The lowest BCUT2D eigenvalue weighted by molar-refractivity contribution is -0.129. The molecule has 0 bridgehead atoms. The Bertz CT molecular complexity index is 499. The first kappa shape index (κ1) is 17.2. The molecule has 0 saturated carbocycles. The van der Waals surface area contributed by atoms with E-state index in [9.17, 15) is 9.59 Å². The highest BCUT2D eigenvalue weighted by molar-refractivity contribution is 5.87. The molecule has 4 heteroatoms. The van der Waals surface area contributed by atoms with Crippen LogP contribution in [0.25, 0.3) is 0 Å². The maximum atomic E-state index is 11.7. The number of rotatable bonds is 5. The molecule has 1 aromatic carbocycles. The molecule has 1 rings (SSSR count). The number of hydrogen-bond donors (Lipinski definition) is 2. The van der Waals surface area contributed by atoms with Gasteiger partial charge in [0.05, 0.1) is 0 Å². The molecule has 0 heterocycles. The van der Waals surface area contributed by atoms with Crippen LogP contribution in [0.5, 0.6) is 0 Å². The number of nitrogens with two attached hydrogens (primary N) is 1. The quantitative estimate of drug-likeness (QED) is 0.872. The van der Waals surface area contributed by atoms with Crippen molar-refractivity contribution in [2.45, 2.75) is 52.5 Å². The SMILES string of the molecule is CC(C)C(=O)N[C@@H](Cc1ccc(C(C)(C)C)cc1)C(N)=O. The molecule has 116 valence electrons. The number of amides is 2. The lowest BCUT2D eigenvalue weighted by Gasteiger charge is -2.20. The molecule has 0 radical (unpaired) electrons. The zero-order valence-electron chi connectivity index (χ0n) is 13.6. The van der Waals surface area contributed by atoms with Crippen molar-refractivity contribution < 1.29 is 9.59 Å². The number of carbonyl (C=O) groups is 2. The second-order valence-electron chi connectivity index (χ2n) is 6.77. The van der Waals surface area contributed by atoms with Gasteiger partial charge in [-0.05, 0) is 16.5 Å². The number of benzene rings is 1. The lowest BCUT2D eigenvalue weighted by Crippen LogP contribution is -2.47. The van der Waals surface area contributed by atoms with E-state index in [4.69, 9.17) is 5.73 Å². The molecule has 0 fully saturated rings. The molecule has 21 heavy (non-hydrogen) atoms. The zero-order chi connectivity index (χ0) is 16.2. The molecule has 3 N–H and O–H groups in total. The van der Waals surface area contributed by atoms with Crippen LogP contribution in [0.4, 0.5) is 0 Å². The van der Waals surface area contributed by atoms with Gasteiger partial charge in [-0.25, -0.2) is 0 Å². The minimum absolute atomic E-state index is 0.0908. The summed E-state index contributed by atoms with van der Waals surface area (Å²) in [4.78, 5) is 23.2. The second kappa shape index (κ2) is 6.74. The molecule has 0 spiro atoms. The van der Waals surface area contributed by atoms with Crippen molar-refractivity contribution in [1.82, 2.24) is 5.32 Å². The van der Waals surface area contributed by atoms with Crippen molar-refractivity contribution in [1.29, 1.82) is 0 Å². The third-order valence-electron chi connectivity index (χ3n) is 3.44. The first-order valence-corrected chi connectivity index (χ1v) is 7.30. The predicted octanol–water partition coefficient (Wildman–Crippen LogP) is 2.15. The number of primary amides is 1. The first-order chi connectivity index (χ1) is 9.61. The van der Waals surface area contributed by atoms with Crippen molar-refractivity contribution in [3.8, 4) is 0 Å². The summed E-state index contributed by atoms with van der Waals surface area (Å²) in [5.74, 6) is -0.843. The Kier molecular flexibility index (Phi) is 5.53. The van der Waals surface area contributed by atoms with E-state index in [1.165, 1.54) is 5.56 Å². The molecular formula is C17H26N2O2. The molecule has 0 unspecified atom stereocenters. The molecule has 0 saturated heterocycles. The number of carbonyl (C=O) groups excluding carboxylic acids is 2. The predicted molar refractivity (Wildman–Crippen MR) is 84.8 cm³/mol. The smallest absolute Gasteiger partial charge is 0.240 e. The molecular weight excluding hydrogens is 264 g/mol. The van der Waals surface area contributed by atoms with Crippen LogP contribution in [-0.4, -0.2) is 17.9 Å². The van der Waals surface area contributed by atoms with Gasteiger partial charge in [0, 0.05) is 12.3 Å². The molecule has 1 aromatic rings. The molecule has 2 amide bonds. The van der Waals surface area contributed by atoms with E-state index < -0.39 is 11.9 Å². The molecule has 0 aromatic heterocycles. The highest BCUT2D eigenvalue weighted by Gasteiger charge is 2.20. The average molecular weight is 290 g/mol. The van der Waals surface area contributed by atoms with E-state index in [-0.39, 0.29) is 17.2 Å². The van der Waals surface area contributed by atoms with Crippen LogP contribution in [0.1, 0.15) is 45.7 Å². The van der Waals surface area contributed by atoms with Gasteiger partial charge in [0.15, 0.2) is 0 Å². The van der Waals surface area contributed by atoms with Gasteiger partial charge in [0.25, 0.3) is 0 Å². The van der Waals surface area contributed by atoms with Crippen LogP contribution < -0.4 is 11.1 Å². The maximum absolute atomic E-state index is 11.7. The third-order valence-corrected chi connectivity index (χ3v) is 3.44. The average Bonchev–Trinajstić information content (AvgIpc) is 2.37. The van der Waals surface area contributed by atoms with Crippen molar-refractivity contribution >= 4 is 11.8 Å². The topological polar surface area (TPSA) is 72.2 Å². The summed E-state index contributed by atoms with van der Waals surface area (Å²) in [6, 6.07) is 7.41. The summed E-state index contributed by atoms with van der Waals surface area (Å²) in [6.07, 6.45) is 0.415. The lowest BCUT2D eigenvalue weighted by atomic mass is 9.86. The monoisotopic (exact) mass is 290 g/mol. The normalized spacial score (nSPS) is 13.0. The summed E-state index contributed by atoms with van der Waals surface area (Å²) >= 11 is 0. The minimum atomic E-state index is -0.666. The Morgan fingerprint density at radius 3 is 2.05 bits per heavy atom. The molecule has 0 aliphatic carbocycles. The van der Waals surface area contributed by atoms with Crippen LogP contribution >= 0.6 is 0 Å². The van der Waals surface area contributed by atoms with Crippen molar-refractivity contribution in [3.63, 3.8) is 0 Å². The summed E-state index contributed by atoms with van der Waals surface area (Å²) in [6.45, 7) is 10.0. The van der Waals surface area contributed by atoms with E-state index in [1.807, 2.05) is 12.1 Å². The van der Waals surface area contributed by atoms with Gasteiger partial charge in [-0.1, -0.05) is 58.9 Å². The van der Waals surface area contributed by atoms with Crippen LogP contribution in [0.3, 0.4) is 0 Å². The van der Waals surface area contributed by atoms with Gasteiger partial charge < -0.3 is 11.1 Å². The molecule has 0 aliphatic rings. The van der Waals surface area contributed by atoms with Crippen LogP contribution in [0.2, 0.25) is 0 Å². The van der Waals surface area contributed by atoms with E-state index in [2.05, 4.69) is 38.2 Å². The van der Waals surface area contributed by atoms with E-state index in [1.54, 1.807) is 13.8 Å². The third kappa shape index (κ3) is 5.21. The summed E-state index contributed by atoms with van der Waals surface area (Å²) in [7, 11) is 0. The van der Waals surface area contributed by atoms with E-state index in [0.29, 0.717) is 6.42 Å². The minimum Gasteiger partial charge on any atom is -0.368 e. The molecule has 4 nitrogen and oxygen atoms in total. The molecule has 1 atom stereocenters. The van der Waals surface area contributed by atoms with Crippen LogP contribution in [-0.2, 0) is 21.4 Å². The number of nitrogens with one attached hydrogen (secondary N) is 1. The van der Waals surface area contributed by atoms with E-state index in [0.717, 1.165) is 5.56 Å². The Labute approximate surface area is 127 Å². The van der Waals surface area contributed by atoms with Crippen molar-refractivity contribution in [3.05, 3.63) is 35.4 Å². The Balaban J connectivity index is 2.81.